The molecule has 2 aliphatic rings. The summed E-state index contributed by atoms with van der Waals surface area (Å²) in [5.74, 6) is 1.43. The molecule has 1 atom stereocenters. The van der Waals surface area contributed by atoms with Gasteiger partial charge < -0.3 is 24.4 Å². The summed E-state index contributed by atoms with van der Waals surface area (Å²) in [4.78, 5) is 27.2. The molecule has 1 fully saturated rings. The van der Waals surface area contributed by atoms with Crippen LogP contribution in [0.3, 0.4) is 0 Å². The van der Waals surface area contributed by atoms with E-state index in [4.69, 9.17) is 19.2 Å². The zero-order chi connectivity index (χ0) is 28.7. The van der Waals surface area contributed by atoms with Crippen LogP contribution in [-0.4, -0.2) is 65.6 Å². The number of benzene rings is 2. The van der Waals surface area contributed by atoms with E-state index in [0.717, 1.165) is 25.7 Å². The number of aromatic amines is 1. The molecule has 0 spiro atoms. The second kappa shape index (κ2) is 10.8. The summed E-state index contributed by atoms with van der Waals surface area (Å²) in [6.45, 7) is 1.90. The van der Waals surface area contributed by atoms with E-state index in [1.807, 2.05) is 13.0 Å². The van der Waals surface area contributed by atoms with Gasteiger partial charge in [-0.3, -0.25) is 14.8 Å². The largest absolute Gasteiger partial charge is 0.493 e. The molecule has 6 rings (SSSR count). The Morgan fingerprint density at radius 3 is 2.54 bits per heavy atom. The van der Waals surface area contributed by atoms with Crippen molar-refractivity contribution in [2.75, 3.05) is 36.4 Å². The number of anilines is 5. The molecule has 0 saturated heterocycles. The molecule has 0 radical (unpaired) electrons. The average molecular weight is 562 g/mol. The maximum atomic E-state index is 14.6. The summed E-state index contributed by atoms with van der Waals surface area (Å²) in [6.07, 6.45) is 6.92. The third-order valence-corrected chi connectivity index (χ3v) is 7.98. The Balaban J connectivity index is 1.43. The first-order chi connectivity index (χ1) is 19.9. The molecule has 4 aromatic rings. The smallest absolute Gasteiger partial charge is 0.254 e. The Bertz CT molecular complexity index is 1590. The lowest BCUT2D eigenvalue weighted by Crippen LogP contribution is -2.55. The van der Waals surface area contributed by atoms with Crippen LogP contribution in [0.25, 0.3) is 10.9 Å². The van der Waals surface area contributed by atoms with Gasteiger partial charge in [0.1, 0.15) is 17.2 Å². The highest BCUT2D eigenvalue weighted by atomic mass is 19.1. The van der Waals surface area contributed by atoms with Crippen molar-refractivity contribution in [1.82, 2.24) is 20.2 Å². The normalized spacial score (nSPS) is 20.7. The van der Waals surface area contributed by atoms with E-state index < -0.39 is 11.9 Å². The molecule has 1 amide bonds. The van der Waals surface area contributed by atoms with Gasteiger partial charge in [-0.2, -0.15) is 10.1 Å². The third-order valence-electron chi connectivity index (χ3n) is 7.98. The first kappa shape index (κ1) is 26.8. The van der Waals surface area contributed by atoms with E-state index in [1.54, 1.807) is 56.8 Å². The lowest BCUT2D eigenvalue weighted by Gasteiger charge is -2.46. The average Bonchev–Trinajstić information content (AvgIpc) is 3.47. The van der Waals surface area contributed by atoms with Crippen LogP contribution >= 0.6 is 0 Å². The van der Waals surface area contributed by atoms with Crippen molar-refractivity contribution >= 4 is 45.6 Å². The number of hydrogen-bond acceptors (Lipinski definition) is 9. The van der Waals surface area contributed by atoms with Crippen LogP contribution in [0.1, 0.15) is 32.6 Å². The van der Waals surface area contributed by atoms with Crippen LogP contribution < -0.4 is 24.6 Å². The van der Waals surface area contributed by atoms with Gasteiger partial charge in [0.25, 0.3) is 5.91 Å². The van der Waals surface area contributed by atoms with Crippen LogP contribution in [0.2, 0.25) is 0 Å². The molecule has 2 aromatic carbocycles. The van der Waals surface area contributed by atoms with Gasteiger partial charge in [-0.15, -0.1) is 0 Å². The summed E-state index contributed by atoms with van der Waals surface area (Å²) >= 11 is 0. The number of aromatic nitrogens is 4. The Hall–Kier alpha value is -4.45. The third kappa shape index (κ3) is 4.77. The molecular formula is C29H32FN7O4. The number of H-pyrrole nitrogens is 1. The number of fused-ring (bicyclic) bond motifs is 2. The Morgan fingerprint density at radius 2 is 1.80 bits per heavy atom. The topological polar surface area (TPSA) is 118 Å². The number of carbonyl (C=O) groups is 1. The number of hydrogen-bond donors (Lipinski definition) is 2. The molecule has 214 valence electrons. The molecule has 3 heterocycles. The molecule has 1 aliphatic heterocycles. The van der Waals surface area contributed by atoms with Gasteiger partial charge in [0.05, 0.1) is 38.4 Å². The number of nitrogens with one attached hydrogen (secondary N) is 2. The van der Waals surface area contributed by atoms with Crippen LogP contribution in [0, 0.1) is 5.82 Å². The lowest BCUT2D eigenvalue weighted by atomic mass is 9.90. The fraction of sp³-hybridized carbons (Fsp3) is 0.379. The van der Waals surface area contributed by atoms with Gasteiger partial charge in [-0.25, -0.2) is 9.37 Å². The van der Waals surface area contributed by atoms with Gasteiger partial charge in [0.15, 0.2) is 23.1 Å². The maximum Gasteiger partial charge on any atom is 0.254 e. The first-order valence-electron chi connectivity index (χ1n) is 13.6. The Labute approximate surface area is 236 Å². The Morgan fingerprint density at radius 1 is 1.02 bits per heavy atom. The molecule has 12 heteroatoms. The van der Waals surface area contributed by atoms with Crippen molar-refractivity contribution < 1.29 is 23.4 Å². The van der Waals surface area contributed by atoms with E-state index in [1.165, 1.54) is 6.07 Å². The fourth-order valence-electron chi connectivity index (χ4n) is 5.88. The van der Waals surface area contributed by atoms with Crippen molar-refractivity contribution in [1.29, 1.82) is 0 Å². The van der Waals surface area contributed by atoms with Crippen LogP contribution in [-0.2, 0) is 9.53 Å². The van der Waals surface area contributed by atoms with Gasteiger partial charge in [-0.05, 0) is 56.9 Å². The molecule has 2 aromatic heterocycles. The number of amides is 1. The van der Waals surface area contributed by atoms with Gasteiger partial charge in [0, 0.05) is 30.3 Å². The Kier molecular flexibility index (Phi) is 7.08. The van der Waals surface area contributed by atoms with Crippen molar-refractivity contribution in [2.24, 2.45) is 0 Å². The monoisotopic (exact) mass is 561 g/mol. The van der Waals surface area contributed by atoms with E-state index in [-0.39, 0.29) is 24.0 Å². The minimum absolute atomic E-state index is 0.0918. The first-order valence-corrected chi connectivity index (χ1v) is 13.6. The summed E-state index contributed by atoms with van der Waals surface area (Å²) in [7, 11) is 4.86. The molecule has 11 nitrogen and oxygen atoms in total. The molecule has 41 heavy (non-hydrogen) atoms. The zero-order valence-electron chi connectivity index (χ0n) is 23.3. The standard InChI is InChI=1S/C29H32FN7O4/c1-16-28(38)37(20-7-10-24(40-3)25(13-20)41-4)23-15-31-29(33-18-11-17-14-32-35-26(17)22(30)12-18)34-27(23)36(16)19-5-8-21(39-2)9-6-19/h7,10-16,19,21H,5-6,8-9H2,1-4H3,(H,32,35)(H,31,33,34)/t16-,19-,21+/m1/s1. The molecular weight excluding hydrogens is 529 g/mol. The molecule has 0 unspecified atom stereocenters. The van der Waals surface area contributed by atoms with Crippen LogP contribution in [0.15, 0.2) is 42.7 Å². The highest BCUT2D eigenvalue weighted by Crippen LogP contribution is 2.44. The van der Waals surface area contributed by atoms with Crippen LogP contribution in [0.4, 0.5) is 33.2 Å². The minimum atomic E-state index is -0.498. The van der Waals surface area contributed by atoms with Gasteiger partial charge in [-0.1, -0.05) is 0 Å². The molecule has 1 saturated carbocycles. The van der Waals surface area contributed by atoms with E-state index in [0.29, 0.717) is 45.3 Å². The predicted octanol–water partition coefficient (Wildman–Crippen LogP) is 5.08. The van der Waals surface area contributed by atoms with Crippen molar-refractivity contribution in [3.63, 3.8) is 0 Å². The fourth-order valence-corrected chi connectivity index (χ4v) is 5.88. The van der Waals surface area contributed by atoms with Gasteiger partial charge in [0.2, 0.25) is 5.95 Å². The second-order valence-electron chi connectivity index (χ2n) is 10.3. The lowest BCUT2D eigenvalue weighted by molar-refractivity contribution is -0.119. The number of nitrogens with zero attached hydrogens (tertiary/aromatic N) is 5. The van der Waals surface area contributed by atoms with Crippen molar-refractivity contribution in [3.8, 4) is 11.5 Å². The molecule has 2 N–H and O–H groups in total. The second-order valence-corrected chi connectivity index (χ2v) is 10.3. The number of ether oxygens (including phenoxy) is 3. The SMILES string of the molecule is COc1ccc(N2C(=O)[C@@H](C)N([C@H]3CC[C@@H](OC)CC3)c3nc(Nc4cc(F)c5[nH]ncc5c4)ncc32)cc1OC. The highest BCUT2D eigenvalue weighted by Gasteiger charge is 2.42. The van der Waals surface area contributed by atoms with Gasteiger partial charge >= 0.3 is 0 Å². The number of carbonyl (C=O) groups excluding carboxylic acids is 1. The summed E-state index contributed by atoms with van der Waals surface area (Å²) < 4.78 is 31.1. The maximum absolute atomic E-state index is 14.6. The number of methoxy groups -OCH3 is 3. The van der Waals surface area contributed by atoms with E-state index in [9.17, 15) is 9.18 Å². The van der Waals surface area contributed by atoms with E-state index >= 15 is 0 Å². The molecule has 1 aliphatic carbocycles. The summed E-state index contributed by atoms with van der Waals surface area (Å²) in [5.41, 5.74) is 1.98. The highest BCUT2D eigenvalue weighted by molar-refractivity contribution is 6.10. The predicted molar refractivity (Wildman–Crippen MR) is 153 cm³/mol. The summed E-state index contributed by atoms with van der Waals surface area (Å²) in [6, 6.07) is 8.08. The minimum Gasteiger partial charge on any atom is -0.493 e. The number of halogens is 1. The summed E-state index contributed by atoms with van der Waals surface area (Å²) in [5, 5.41) is 10.3. The molecule has 0 bridgehead atoms. The van der Waals surface area contributed by atoms with E-state index in [2.05, 4.69) is 25.4 Å². The van der Waals surface area contributed by atoms with Crippen LogP contribution in [0.5, 0.6) is 11.5 Å². The van der Waals surface area contributed by atoms with Crippen molar-refractivity contribution in [2.45, 2.75) is 50.8 Å². The quantitative estimate of drug-likeness (QED) is 0.318. The zero-order valence-corrected chi connectivity index (χ0v) is 23.3. The van der Waals surface area contributed by atoms with Crippen molar-refractivity contribution in [3.05, 3.63) is 48.5 Å². The number of rotatable bonds is 7.